The van der Waals surface area contributed by atoms with Crippen LogP contribution in [0, 0.1) is 6.92 Å². The lowest BCUT2D eigenvalue weighted by molar-refractivity contribution is 0.256. The van der Waals surface area contributed by atoms with Gasteiger partial charge in [-0.25, -0.2) is 4.79 Å². The monoisotopic (exact) mass is 266 g/mol. The van der Waals surface area contributed by atoms with E-state index in [1.165, 1.54) is 11.1 Å². The molecule has 0 aliphatic carbocycles. The zero-order chi connectivity index (χ0) is 14.1. The van der Waals surface area contributed by atoms with Crippen molar-refractivity contribution in [2.45, 2.75) is 26.3 Å². The second-order valence-electron chi connectivity index (χ2n) is 5.35. The van der Waals surface area contributed by atoms with Crippen molar-refractivity contribution in [1.82, 2.24) is 0 Å². The molecule has 1 atom stereocenters. The number of hydrogen-bond donors (Lipinski definition) is 1. The Kier molecular flexibility index (Phi) is 3.18. The second-order valence-corrected chi connectivity index (χ2v) is 5.35. The fraction of sp³-hybridized carbons (Fsp3) is 0.235. The predicted molar refractivity (Wildman–Crippen MR) is 82.3 cm³/mol. The summed E-state index contributed by atoms with van der Waals surface area (Å²) < 4.78 is 0. The van der Waals surface area contributed by atoms with Gasteiger partial charge in [-0.1, -0.05) is 35.9 Å². The van der Waals surface area contributed by atoms with Gasteiger partial charge in [-0.3, -0.25) is 4.90 Å². The highest BCUT2D eigenvalue weighted by Crippen LogP contribution is 2.32. The molecule has 102 valence electrons. The van der Waals surface area contributed by atoms with E-state index in [-0.39, 0.29) is 12.1 Å². The molecular weight excluding hydrogens is 248 g/mol. The van der Waals surface area contributed by atoms with Gasteiger partial charge in [-0.05, 0) is 44.0 Å². The zero-order valence-corrected chi connectivity index (χ0v) is 11.8. The van der Waals surface area contributed by atoms with Crippen LogP contribution in [0.1, 0.15) is 18.1 Å². The topological polar surface area (TPSA) is 32.3 Å². The van der Waals surface area contributed by atoms with Gasteiger partial charge in [-0.2, -0.15) is 0 Å². The molecule has 0 radical (unpaired) electrons. The Labute approximate surface area is 119 Å². The van der Waals surface area contributed by atoms with E-state index in [1.807, 2.05) is 54.3 Å². The lowest BCUT2D eigenvalue weighted by Gasteiger charge is -2.23. The molecule has 2 amide bonds. The Balaban J connectivity index is 1.82. The molecule has 3 nitrogen and oxygen atoms in total. The molecule has 0 spiro atoms. The van der Waals surface area contributed by atoms with Crippen molar-refractivity contribution in [3.8, 4) is 0 Å². The number of nitrogens with zero attached hydrogens (tertiary/aromatic N) is 1. The van der Waals surface area contributed by atoms with Crippen LogP contribution in [0.5, 0.6) is 0 Å². The lowest BCUT2D eigenvalue weighted by atomic mass is 10.1. The molecule has 1 aliphatic rings. The Bertz CT molecular complexity index is 634. The number of carbonyl (C=O) groups is 1. The van der Waals surface area contributed by atoms with Crippen molar-refractivity contribution < 1.29 is 4.79 Å². The summed E-state index contributed by atoms with van der Waals surface area (Å²) in [6.07, 6.45) is 0.914. The minimum atomic E-state index is -0.0636. The van der Waals surface area contributed by atoms with E-state index in [4.69, 9.17) is 0 Å². The summed E-state index contributed by atoms with van der Waals surface area (Å²) in [5.74, 6) is 0. The Morgan fingerprint density at radius 1 is 1.15 bits per heavy atom. The van der Waals surface area contributed by atoms with Crippen LogP contribution in [0.2, 0.25) is 0 Å². The molecule has 2 aromatic rings. The summed E-state index contributed by atoms with van der Waals surface area (Å²) in [5.41, 5.74) is 4.27. The second kappa shape index (κ2) is 5.00. The molecule has 0 saturated heterocycles. The number of carbonyl (C=O) groups excluding carboxylic acids is 1. The number of aryl methyl sites for hydroxylation is 1. The first-order valence-corrected chi connectivity index (χ1v) is 6.90. The van der Waals surface area contributed by atoms with Crippen molar-refractivity contribution in [3.63, 3.8) is 0 Å². The number of amides is 2. The highest BCUT2D eigenvalue weighted by molar-refractivity contribution is 6.03. The van der Waals surface area contributed by atoms with E-state index in [9.17, 15) is 4.79 Å². The maximum atomic E-state index is 12.5. The largest absolute Gasteiger partial charge is 0.326 e. The van der Waals surface area contributed by atoms with Crippen LogP contribution >= 0.6 is 0 Å². The van der Waals surface area contributed by atoms with Crippen molar-refractivity contribution in [2.75, 3.05) is 10.2 Å². The molecule has 1 N–H and O–H groups in total. The normalized spacial score (nSPS) is 16.9. The van der Waals surface area contributed by atoms with Crippen LogP contribution in [0.3, 0.4) is 0 Å². The van der Waals surface area contributed by atoms with Crippen LogP contribution in [-0.2, 0) is 6.42 Å². The molecular formula is C17H18N2O. The van der Waals surface area contributed by atoms with Gasteiger partial charge in [0.15, 0.2) is 0 Å². The van der Waals surface area contributed by atoms with E-state index in [1.54, 1.807) is 0 Å². The maximum absolute atomic E-state index is 12.5. The van der Waals surface area contributed by atoms with Gasteiger partial charge >= 0.3 is 6.03 Å². The molecule has 1 aliphatic heterocycles. The van der Waals surface area contributed by atoms with Crippen molar-refractivity contribution in [1.29, 1.82) is 0 Å². The third-order valence-corrected chi connectivity index (χ3v) is 3.73. The molecule has 0 saturated carbocycles. The fourth-order valence-corrected chi connectivity index (χ4v) is 2.70. The zero-order valence-electron chi connectivity index (χ0n) is 11.8. The van der Waals surface area contributed by atoms with Gasteiger partial charge in [0.25, 0.3) is 0 Å². The number of para-hydroxylation sites is 1. The van der Waals surface area contributed by atoms with Crippen molar-refractivity contribution >= 4 is 17.4 Å². The number of anilines is 2. The molecule has 3 heteroatoms. The van der Waals surface area contributed by atoms with E-state index >= 15 is 0 Å². The average molecular weight is 266 g/mol. The Hall–Kier alpha value is -2.29. The number of nitrogens with one attached hydrogen (secondary N) is 1. The number of rotatable bonds is 1. The first-order chi connectivity index (χ1) is 9.65. The molecule has 0 aromatic heterocycles. The number of benzene rings is 2. The van der Waals surface area contributed by atoms with Gasteiger partial charge in [0.05, 0.1) is 0 Å². The first kappa shape index (κ1) is 12.7. The number of hydrogen-bond acceptors (Lipinski definition) is 1. The number of fused-ring (bicyclic) bond motifs is 1. The molecule has 0 bridgehead atoms. The third-order valence-electron chi connectivity index (χ3n) is 3.73. The molecule has 2 aromatic carbocycles. The highest BCUT2D eigenvalue weighted by Gasteiger charge is 2.30. The van der Waals surface area contributed by atoms with Crippen LogP contribution in [-0.4, -0.2) is 12.1 Å². The summed E-state index contributed by atoms with van der Waals surface area (Å²) in [6, 6.07) is 16.1. The van der Waals surface area contributed by atoms with Crippen LogP contribution in [0.25, 0.3) is 0 Å². The standard InChI is InChI=1S/C17H18N2O/c1-12-7-9-15(10-8-12)18-17(20)19-13(2)11-14-5-3-4-6-16(14)19/h3-10,13H,11H2,1-2H3,(H,18,20)/t13-/m1/s1. The highest BCUT2D eigenvalue weighted by atomic mass is 16.2. The lowest BCUT2D eigenvalue weighted by Crippen LogP contribution is -2.39. The maximum Gasteiger partial charge on any atom is 0.326 e. The summed E-state index contributed by atoms with van der Waals surface area (Å²) in [7, 11) is 0. The van der Waals surface area contributed by atoms with E-state index in [0.717, 1.165) is 17.8 Å². The van der Waals surface area contributed by atoms with E-state index in [0.29, 0.717) is 0 Å². The predicted octanol–water partition coefficient (Wildman–Crippen LogP) is 3.98. The number of urea groups is 1. The quantitative estimate of drug-likeness (QED) is 0.832. The molecule has 0 unspecified atom stereocenters. The summed E-state index contributed by atoms with van der Waals surface area (Å²) in [6.45, 7) is 4.11. The first-order valence-electron chi connectivity index (χ1n) is 6.90. The van der Waals surface area contributed by atoms with E-state index < -0.39 is 0 Å². The summed E-state index contributed by atoms with van der Waals surface area (Å²) in [5, 5.41) is 2.97. The van der Waals surface area contributed by atoms with Crippen molar-refractivity contribution in [2.24, 2.45) is 0 Å². The minimum Gasteiger partial charge on any atom is -0.308 e. The Morgan fingerprint density at radius 2 is 1.85 bits per heavy atom. The molecule has 1 heterocycles. The van der Waals surface area contributed by atoms with Gasteiger partial charge in [0.1, 0.15) is 0 Å². The Morgan fingerprint density at radius 3 is 2.60 bits per heavy atom. The molecule has 20 heavy (non-hydrogen) atoms. The van der Waals surface area contributed by atoms with Crippen molar-refractivity contribution in [3.05, 3.63) is 59.7 Å². The van der Waals surface area contributed by atoms with Gasteiger partial charge in [0, 0.05) is 17.4 Å². The van der Waals surface area contributed by atoms with Crippen LogP contribution in [0.4, 0.5) is 16.2 Å². The summed E-state index contributed by atoms with van der Waals surface area (Å²) in [4.78, 5) is 14.3. The molecule has 0 fully saturated rings. The minimum absolute atomic E-state index is 0.0636. The SMILES string of the molecule is Cc1ccc(NC(=O)N2c3ccccc3C[C@H]2C)cc1. The summed E-state index contributed by atoms with van der Waals surface area (Å²) >= 11 is 0. The smallest absolute Gasteiger partial charge is 0.308 e. The van der Waals surface area contributed by atoms with Gasteiger partial charge in [0.2, 0.25) is 0 Å². The van der Waals surface area contributed by atoms with E-state index in [2.05, 4.69) is 18.3 Å². The molecule has 3 rings (SSSR count). The third kappa shape index (κ3) is 2.27. The van der Waals surface area contributed by atoms with Crippen LogP contribution < -0.4 is 10.2 Å². The fourth-order valence-electron chi connectivity index (χ4n) is 2.70. The van der Waals surface area contributed by atoms with Crippen LogP contribution in [0.15, 0.2) is 48.5 Å². The average Bonchev–Trinajstić information content (AvgIpc) is 2.77. The van der Waals surface area contributed by atoms with Gasteiger partial charge in [-0.15, -0.1) is 0 Å². The van der Waals surface area contributed by atoms with Gasteiger partial charge < -0.3 is 5.32 Å².